The first-order valence-corrected chi connectivity index (χ1v) is 11.2. The van der Waals surface area contributed by atoms with Gasteiger partial charge in [0, 0.05) is 5.56 Å². The van der Waals surface area contributed by atoms with Gasteiger partial charge in [-0.3, -0.25) is 4.98 Å². The maximum absolute atomic E-state index is 13.7. The molecule has 2 aromatic rings. The summed E-state index contributed by atoms with van der Waals surface area (Å²) >= 11 is 0. The van der Waals surface area contributed by atoms with Gasteiger partial charge in [-0.2, -0.15) is 0 Å². The van der Waals surface area contributed by atoms with E-state index in [1.165, 1.54) is 32.1 Å². The maximum atomic E-state index is 13.7. The highest BCUT2D eigenvalue weighted by Gasteiger charge is 2.20. The molecule has 1 aromatic carbocycles. The summed E-state index contributed by atoms with van der Waals surface area (Å²) in [6.45, 7) is 4.50. The molecule has 0 saturated carbocycles. The highest BCUT2D eigenvalue weighted by Crippen LogP contribution is 2.23. The molecule has 0 saturated heterocycles. The first kappa shape index (κ1) is 24.1. The van der Waals surface area contributed by atoms with Crippen molar-refractivity contribution in [3.8, 4) is 22.8 Å². The topological polar surface area (TPSA) is 31.4 Å². The molecule has 3 nitrogen and oxygen atoms in total. The second-order valence-electron chi connectivity index (χ2n) is 7.65. The van der Waals surface area contributed by atoms with E-state index in [-0.39, 0.29) is 13.0 Å². The summed E-state index contributed by atoms with van der Waals surface area (Å²) in [7, 11) is 0. The standard InChI is InChI=1S/C25H35F2NO2/c1-3-5-6-7-8-9-17-29-22-15-16-25(28-18-22)20-11-13-21(14-12-20)30-19-24(27)23(26)10-4-2/h11-16,18,23-24H,3-10,17,19H2,1-2H3/t23-,24-/m0/s1. The SMILES string of the molecule is CCCCCCCCOc1ccc(-c2ccc(OC[C@H](F)[C@@H](F)CCC)cc2)nc1. The van der Waals surface area contributed by atoms with Crippen LogP contribution in [-0.4, -0.2) is 30.5 Å². The number of hydrogen-bond donors (Lipinski definition) is 0. The number of aromatic nitrogens is 1. The Labute approximate surface area is 179 Å². The lowest BCUT2D eigenvalue weighted by Gasteiger charge is -2.14. The second-order valence-corrected chi connectivity index (χ2v) is 7.65. The zero-order valence-corrected chi connectivity index (χ0v) is 18.3. The largest absolute Gasteiger partial charge is 0.492 e. The predicted octanol–water partition coefficient (Wildman–Crippen LogP) is 7.34. The number of alkyl halides is 2. The molecule has 0 bridgehead atoms. The average molecular weight is 420 g/mol. The molecular formula is C25H35F2NO2. The Kier molecular flexibility index (Phi) is 11.2. The van der Waals surface area contributed by atoms with Gasteiger partial charge in [0.25, 0.3) is 0 Å². The van der Waals surface area contributed by atoms with Gasteiger partial charge in [0.05, 0.1) is 18.5 Å². The monoisotopic (exact) mass is 419 g/mol. The Bertz CT molecular complexity index is 691. The van der Waals surface area contributed by atoms with Crippen LogP contribution in [0.3, 0.4) is 0 Å². The predicted molar refractivity (Wildman–Crippen MR) is 119 cm³/mol. The van der Waals surface area contributed by atoms with Crippen molar-refractivity contribution in [2.24, 2.45) is 0 Å². The highest BCUT2D eigenvalue weighted by atomic mass is 19.2. The van der Waals surface area contributed by atoms with Crippen molar-refractivity contribution in [1.29, 1.82) is 0 Å². The third-order valence-corrected chi connectivity index (χ3v) is 5.02. The minimum atomic E-state index is -1.60. The lowest BCUT2D eigenvalue weighted by atomic mass is 10.1. The Balaban J connectivity index is 1.75. The van der Waals surface area contributed by atoms with Crippen LogP contribution in [0.4, 0.5) is 8.78 Å². The molecule has 0 N–H and O–H groups in total. The molecule has 0 spiro atoms. The quantitative estimate of drug-likeness (QED) is 0.283. The van der Waals surface area contributed by atoms with Crippen molar-refractivity contribution >= 4 is 0 Å². The number of halogens is 2. The van der Waals surface area contributed by atoms with E-state index in [0.29, 0.717) is 18.8 Å². The van der Waals surface area contributed by atoms with Gasteiger partial charge < -0.3 is 9.47 Å². The number of unbranched alkanes of at least 4 members (excludes halogenated alkanes) is 5. The molecule has 1 aromatic heterocycles. The van der Waals surface area contributed by atoms with E-state index in [1.807, 2.05) is 31.2 Å². The average Bonchev–Trinajstić information content (AvgIpc) is 2.78. The number of rotatable bonds is 15. The normalized spacial score (nSPS) is 13.1. The molecule has 0 unspecified atom stereocenters. The Morgan fingerprint density at radius 3 is 2.13 bits per heavy atom. The van der Waals surface area contributed by atoms with Gasteiger partial charge in [0.15, 0.2) is 6.17 Å². The summed E-state index contributed by atoms with van der Waals surface area (Å²) in [4.78, 5) is 4.46. The van der Waals surface area contributed by atoms with E-state index < -0.39 is 12.3 Å². The van der Waals surface area contributed by atoms with E-state index in [1.54, 1.807) is 18.3 Å². The molecule has 0 fully saturated rings. The molecule has 0 amide bonds. The highest BCUT2D eigenvalue weighted by molar-refractivity contribution is 5.60. The van der Waals surface area contributed by atoms with Crippen LogP contribution in [0.5, 0.6) is 11.5 Å². The van der Waals surface area contributed by atoms with Crippen LogP contribution in [0.2, 0.25) is 0 Å². The van der Waals surface area contributed by atoms with Gasteiger partial charge >= 0.3 is 0 Å². The van der Waals surface area contributed by atoms with E-state index in [9.17, 15) is 8.78 Å². The summed E-state index contributed by atoms with van der Waals surface area (Å²) in [6, 6.07) is 11.1. The van der Waals surface area contributed by atoms with Crippen LogP contribution in [-0.2, 0) is 0 Å². The van der Waals surface area contributed by atoms with Gasteiger partial charge in [0.1, 0.15) is 24.3 Å². The van der Waals surface area contributed by atoms with Gasteiger partial charge in [-0.05, 0) is 49.2 Å². The number of hydrogen-bond acceptors (Lipinski definition) is 3. The van der Waals surface area contributed by atoms with Crippen molar-refractivity contribution in [3.05, 3.63) is 42.6 Å². The summed E-state index contributed by atoms with van der Waals surface area (Å²) in [6.07, 6.45) is 6.92. The minimum absolute atomic E-state index is 0.216. The molecule has 0 aliphatic carbocycles. The molecule has 0 aliphatic rings. The van der Waals surface area contributed by atoms with Crippen LogP contribution in [0.1, 0.15) is 65.2 Å². The molecule has 5 heteroatoms. The molecule has 2 rings (SSSR count). The van der Waals surface area contributed by atoms with Crippen molar-refractivity contribution in [2.45, 2.75) is 77.6 Å². The zero-order chi connectivity index (χ0) is 21.6. The fourth-order valence-electron chi connectivity index (χ4n) is 3.17. The molecule has 0 aliphatic heterocycles. The summed E-state index contributed by atoms with van der Waals surface area (Å²) < 4.78 is 38.4. The van der Waals surface area contributed by atoms with Gasteiger partial charge in [0.2, 0.25) is 0 Å². The molecule has 2 atom stereocenters. The van der Waals surface area contributed by atoms with Crippen molar-refractivity contribution in [1.82, 2.24) is 4.98 Å². The molecular weight excluding hydrogens is 384 g/mol. The lowest BCUT2D eigenvalue weighted by Crippen LogP contribution is -2.24. The van der Waals surface area contributed by atoms with Gasteiger partial charge in [-0.15, -0.1) is 0 Å². The number of pyridine rings is 1. The van der Waals surface area contributed by atoms with Crippen molar-refractivity contribution in [3.63, 3.8) is 0 Å². The summed E-state index contributed by atoms with van der Waals surface area (Å²) in [5.74, 6) is 1.29. The molecule has 30 heavy (non-hydrogen) atoms. The number of benzene rings is 1. The Morgan fingerprint density at radius 1 is 0.767 bits per heavy atom. The number of nitrogens with zero attached hydrogens (tertiary/aromatic N) is 1. The van der Waals surface area contributed by atoms with E-state index in [4.69, 9.17) is 9.47 Å². The van der Waals surface area contributed by atoms with Crippen LogP contribution in [0, 0.1) is 0 Å². The van der Waals surface area contributed by atoms with Crippen molar-refractivity contribution < 1.29 is 18.3 Å². The first-order chi connectivity index (χ1) is 14.6. The maximum Gasteiger partial charge on any atom is 0.165 e. The van der Waals surface area contributed by atoms with Crippen LogP contribution in [0.15, 0.2) is 42.6 Å². The van der Waals surface area contributed by atoms with E-state index >= 15 is 0 Å². The smallest absolute Gasteiger partial charge is 0.165 e. The first-order valence-electron chi connectivity index (χ1n) is 11.2. The molecule has 0 radical (unpaired) electrons. The third-order valence-electron chi connectivity index (χ3n) is 5.02. The number of ether oxygens (including phenoxy) is 2. The fourth-order valence-corrected chi connectivity index (χ4v) is 3.17. The molecule has 166 valence electrons. The Hall–Kier alpha value is -2.17. The molecule has 1 heterocycles. The summed E-state index contributed by atoms with van der Waals surface area (Å²) in [5, 5.41) is 0. The second kappa shape index (κ2) is 13.9. The minimum Gasteiger partial charge on any atom is -0.492 e. The van der Waals surface area contributed by atoms with Crippen LogP contribution in [0.25, 0.3) is 11.3 Å². The lowest BCUT2D eigenvalue weighted by molar-refractivity contribution is 0.103. The van der Waals surface area contributed by atoms with E-state index in [0.717, 1.165) is 23.4 Å². The Morgan fingerprint density at radius 2 is 1.47 bits per heavy atom. The fraction of sp³-hybridized carbons (Fsp3) is 0.560. The van der Waals surface area contributed by atoms with Crippen molar-refractivity contribution in [2.75, 3.05) is 13.2 Å². The van der Waals surface area contributed by atoms with Crippen LogP contribution < -0.4 is 9.47 Å². The van der Waals surface area contributed by atoms with Gasteiger partial charge in [-0.1, -0.05) is 52.4 Å². The third kappa shape index (κ3) is 8.68. The van der Waals surface area contributed by atoms with E-state index in [2.05, 4.69) is 11.9 Å². The van der Waals surface area contributed by atoms with Gasteiger partial charge in [-0.25, -0.2) is 8.78 Å². The summed E-state index contributed by atoms with van der Waals surface area (Å²) in [5.41, 5.74) is 1.75. The van der Waals surface area contributed by atoms with Crippen LogP contribution >= 0.6 is 0 Å². The zero-order valence-electron chi connectivity index (χ0n) is 18.3.